The Balaban J connectivity index is 1.71. The molecule has 0 saturated heterocycles. The third-order valence-corrected chi connectivity index (χ3v) is 4.93. The molecule has 1 aromatic carbocycles. The molecule has 8 heteroatoms. The average molecular weight is 430 g/mol. The fraction of sp³-hybridized carbons (Fsp3) is 0.353. The summed E-state index contributed by atoms with van der Waals surface area (Å²) < 4.78 is 40.8. The number of rotatable bonds is 9. The van der Waals surface area contributed by atoms with Crippen molar-refractivity contribution in [3.05, 3.63) is 52.6 Å². The Morgan fingerprint density at radius 3 is 2.52 bits per heavy atom. The average Bonchev–Trinajstić information content (AvgIpc) is 2.57. The predicted molar refractivity (Wildman–Crippen MR) is 97.2 cm³/mol. The summed E-state index contributed by atoms with van der Waals surface area (Å²) in [6, 6.07) is 11.9. The molecule has 0 aliphatic rings. The zero-order chi connectivity index (χ0) is 18.3. The van der Waals surface area contributed by atoms with Crippen molar-refractivity contribution in [1.29, 1.82) is 0 Å². The number of ether oxygens (including phenoxy) is 2. The van der Waals surface area contributed by atoms with E-state index in [1.165, 1.54) is 12.1 Å². The maximum absolute atomic E-state index is 12.1. The Labute approximate surface area is 156 Å². The van der Waals surface area contributed by atoms with Crippen LogP contribution >= 0.6 is 15.9 Å². The lowest BCUT2D eigenvalue weighted by Gasteiger charge is -2.14. The van der Waals surface area contributed by atoms with Crippen LogP contribution in [0.15, 0.2) is 52.0 Å². The van der Waals surface area contributed by atoms with E-state index in [1.807, 2.05) is 13.0 Å². The second-order valence-electron chi connectivity index (χ2n) is 5.38. The van der Waals surface area contributed by atoms with Crippen LogP contribution in [-0.2, 0) is 19.0 Å². The van der Waals surface area contributed by atoms with Gasteiger partial charge in [0.2, 0.25) is 5.88 Å². The van der Waals surface area contributed by atoms with E-state index in [0.717, 1.165) is 5.56 Å². The molecule has 0 radical (unpaired) electrons. The van der Waals surface area contributed by atoms with Crippen LogP contribution in [0.1, 0.15) is 12.5 Å². The second-order valence-corrected chi connectivity index (χ2v) is 7.81. The van der Waals surface area contributed by atoms with Crippen LogP contribution in [0, 0.1) is 6.92 Å². The zero-order valence-corrected chi connectivity index (χ0v) is 16.4. The van der Waals surface area contributed by atoms with Gasteiger partial charge in [-0.25, -0.2) is 4.98 Å². The predicted octanol–water partition coefficient (Wildman–Crippen LogP) is 3.34. The first kappa shape index (κ1) is 19.8. The van der Waals surface area contributed by atoms with Crippen molar-refractivity contribution in [2.75, 3.05) is 19.8 Å². The summed E-state index contributed by atoms with van der Waals surface area (Å²) in [7, 11) is -3.78. The quantitative estimate of drug-likeness (QED) is 0.345. The van der Waals surface area contributed by atoms with E-state index in [0.29, 0.717) is 23.7 Å². The summed E-state index contributed by atoms with van der Waals surface area (Å²) in [6.07, 6.45) is -0.390. The molecule has 1 heterocycles. The molecule has 136 valence electrons. The molecule has 2 rings (SSSR count). The van der Waals surface area contributed by atoms with E-state index in [-0.39, 0.29) is 17.6 Å². The van der Waals surface area contributed by atoms with Gasteiger partial charge in [-0.3, -0.25) is 4.18 Å². The molecule has 1 unspecified atom stereocenters. The molecule has 1 atom stereocenters. The lowest BCUT2D eigenvalue weighted by Crippen LogP contribution is -2.21. The van der Waals surface area contributed by atoms with Crippen molar-refractivity contribution >= 4 is 26.0 Å². The molecule has 25 heavy (non-hydrogen) atoms. The van der Waals surface area contributed by atoms with Crippen LogP contribution in [0.5, 0.6) is 5.88 Å². The van der Waals surface area contributed by atoms with Crippen molar-refractivity contribution in [3.63, 3.8) is 0 Å². The third kappa shape index (κ3) is 6.74. The molecular formula is C17H20BrNO5S. The zero-order valence-electron chi connectivity index (χ0n) is 14.0. The number of hydrogen-bond acceptors (Lipinski definition) is 6. The van der Waals surface area contributed by atoms with E-state index in [4.69, 9.17) is 13.7 Å². The minimum absolute atomic E-state index is 0.0641. The molecule has 0 N–H and O–H groups in total. The minimum Gasteiger partial charge on any atom is -0.475 e. The topological polar surface area (TPSA) is 74.7 Å². The van der Waals surface area contributed by atoms with Crippen LogP contribution in [0.25, 0.3) is 0 Å². The smallest absolute Gasteiger partial charge is 0.297 e. The molecule has 0 saturated carbocycles. The van der Waals surface area contributed by atoms with E-state index >= 15 is 0 Å². The first-order valence-electron chi connectivity index (χ1n) is 7.70. The third-order valence-electron chi connectivity index (χ3n) is 3.19. The highest BCUT2D eigenvalue weighted by Gasteiger charge is 2.16. The van der Waals surface area contributed by atoms with Crippen molar-refractivity contribution in [3.8, 4) is 5.88 Å². The first-order valence-corrected chi connectivity index (χ1v) is 9.90. The van der Waals surface area contributed by atoms with E-state index < -0.39 is 10.1 Å². The molecule has 0 bridgehead atoms. The van der Waals surface area contributed by atoms with Crippen LogP contribution in [0.3, 0.4) is 0 Å². The lowest BCUT2D eigenvalue weighted by atomic mass is 10.2. The van der Waals surface area contributed by atoms with Gasteiger partial charge in [-0.1, -0.05) is 23.8 Å². The van der Waals surface area contributed by atoms with Gasteiger partial charge in [-0.15, -0.1) is 0 Å². The minimum atomic E-state index is -3.78. The van der Waals surface area contributed by atoms with Gasteiger partial charge < -0.3 is 9.47 Å². The summed E-state index contributed by atoms with van der Waals surface area (Å²) in [5.41, 5.74) is 0.982. The Kier molecular flexibility index (Phi) is 7.37. The van der Waals surface area contributed by atoms with E-state index in [9.17, 15) is 8.42 Å². The normalized spacial score (nSPS) is 12.8. The van der Waals surface area contributed by atoms with Gasteiger partial charge in [-0.05, 0) is 48.0 Å². The fourth-order valence-electron chi connectivity index (χ4n) is 1.87. The van der Waals surface area contributed by atoms with Gasteiger partial charge in [0.05, 0.1) is 24.2 Å². The maximum atomic E-state index is 12.1. The van der Waals surface area contributed by atoms with Gasteiger partial charge in [0.15, 0.2) is 0 Å². The van der Waals surface area contributed by atoms with Crippen molar-refractivity contribution in [2.45, 2.75) is 24.8 Å². The summed E-state index contributed by atoms with van der Waals surface area (Å²) >= 11 is 3.26. The molecule has 0 aliphatic carbocycles. The van der Waals surface area contributed by atoms with Gasteiger partial charge in [0.25, 0.3) is 10.1 Å². The van der Waals surface area contributed by atoms with Crippen molar-refractivity contribution in [1.82, 2.24) is 4.98 Å². The highest BCUT2D eigenvalue weighted by molar-refractivity contribution is 9.10. The van der Waals surface area contributed by atoms with E-state index in [2.05, 4.69) is 20.9 Å². The number of halogens is 1. The molecule has 6 nitrogen and oxygen atoms in total. The highest BCUT2D eigenvalue weighted by atomic mass is 79.9. The van der Waals surface area contributed by atoms with Crippen LogP contribution in [-0.4, -0.2) is 39.3 Å². The van der Waals surface area contributed by atoms with E-state index in [1.54, 1.807) is 31.2 Å². The summed E-state index contributed by atoms with van der Waals surface area (Å²) in [6.45, 7) is 4.16. The fourth-order valence-corrected chi connectivity index (χ4v) is 3.18. The van der Waals surface area contributed by atoms with Crippen molar-refractivity contribution < 1.29 is 22.1 Å². The number of aromatic nitrogens is 1. The molecule has 2 aromatic rings. The SMILES string of the molecule is Cc1ccc(S(=O)(=O)OCC(C)OCCOc2cccc(Br)n2)cc1. The number of pyridine rings is 1. The lowest BCUT2D eigenvalue weighted by molar-refractivity contribution is 0.0180. The van der Waals surface area contributed by atoms with Gasteiger partial charge in [0.1, 0.15) is 11.2 Å². The standard InChI is InChI=1S/C17H20BrNO5S/c1-13-6-8-15(9-7-13)25(20,21)24-12-14(2)22-10-11-23-17-5-3-4-16(18)19-17/h3-9,14H,10-12H2,1-2H3. The van der Waals surface area contributed by atoms with Crippen LogP contribution in [0.4, 0.5) is 0 Å². The van der Waals surface area contributed by atoms with Crippen LogP contribution < -0.4 is 4.74 Å². The maximum Gasteiger partial charge on any atom is 0.297 e. The number of benzene rings is 1. The summed E-state index contributed by atoms with van der Waals surface area (Å²) in [5.74, 6) is 0.490. The number of nitrogens with zero attached hydrogens (tertiary/aromatic N) is 1. The molecule has 0 amide bonds. The molecule has 0 fully saturated rings. The summed E-state index contributed by atoms with van der Waals surface area (Å²) in [5, 5.41) is 0. The molecule has 0 aliphatic heterocycles. The van der Waals surface area contributed by atoms with Gasteiger partial charge in [-0.2, -0.15) is 8.42 Å². The molecule has 1 aromatic heterocycles. The van der Waals surface area contributed by atoms with Gasteiger partial charge >= 0.3 is 0 Å². The highest BCUT2D eigenvalue weighted by Crippen LogP contribution is 2.14. The second kappa shape index (κ2) is 9.28. The molecule has 0 spiro atoms. The van der Waals surface area contributed by atoms with Crippen molar-refractivity contribution in [2.24, 2.45) is 0 Å². The Bertz CT molecular complexity index is 780. The summed E-state index contributed by atoms with van der Waals surface area (Å²) in [4.78, 5) is 4.27. The monoisotopic (exact) mass is 429 g/mol. The first-order chi connectivity index (χ1) is 11.9. The Morgan fingerprint density at radius 1 is 1.12 bits per heavy atom. The largest absolute Gasteiger partial charge is 0.475 e. The number of aryl methyl sites for hydroxylation is 1. The molecular weight excluding hydrogens is 410 g/mol. The van der Waals surface area contributed by atoms with Crippen LogP contribution in [0.2, 0.25) is 0 Å². The van der Waals surface area contributed by atoms with Gasteiger partial charge in [0, 0.05) is 6.07 Å². The Morgan fingerprint density at radius 2 is 1.84 bits per heavy atom. The number of hydrogen-bond donors (Lipinski definition) is 0. The Hall–Kier alpha value is -1.48.